The van der Waals surface area contributed by atoms with E-state index in [-0.39, 0.29) is 5.82 Å². The molecule has 1 fully saturated rings. The van der Waals surface area contributed by atoms with E-state index in [1.54, 1.807) is 6.07 Å². The average Bonchev–Trinajstić information content (AvgIpc) is 2.82. The molecule has 1 N–H and O–H groups in total. The molecule has 0 amide bonds. The Morgan fingerprint density at radius 3 is 3.06 bits per heavy atom. The number of hydrogen-bond donors (Lipinski definition) is 1. The summed E-state index contributed by atoms with van der Waals surface area (Å²) in [6, 6.07) is 4.00. The van der Waals surface area contributed by atoms with Gasteiger partial charge in [0.25, 0.3) is 0 Å². The van der Waals surface area contributed by atoms with Crippen LogP contribution in [0, 0.1) is 5.82 Å². The van der Waals surface area contributed by atoms with E-state index in [9.17, 15) is 4.39 Å². The van der Waals surface area contributed by atoms with Crippen LogP contribution in [-0.2, 0) is 6.42 Å². The van der Waals surface area contributed by atoms with Crippen molar-refractivity contribution >= 4 is 0 Å². The van der Waals surface area contributed by atoms with Crippen LogP contribution in [0.15, 0.2) is 12.1 Å². The third kappa shape index (κ3) is 1.69. The smallest absolute Gasteiger partial charge is 0.130 e. The molecule has 2 heterocycles. The van der Waals surface area contributed by atoms with Crippen molar-refractivity contribution in [1.82, 2.24) is 5.32 Å². The summed E-state index contributed by atoms with van der Waals surface area (Å²) >= 11 is 0. The van der Waals surface area contributed by atoms with Crippen LogP contribution in [0.3, 0.4) is 0 Å². The Balaban J connectivity index is 1.97. The maximum Gasteiger partial charge on any atom is 0.130 e. The van der Waals surface area contributed by atoms with Gasteiger partial charge in [0, 0.05) is 11.6 Å². The van der Waals surface area contributed by atoms with Crippen LogP contribution in [0.5, 0.6) is 5.75 Å². The molecule has 0 bridgehead atoms. The molecule has 3 heteroatoms. The second kappa shape index (κ2) is 4.06. The highest BCUT2D eigenvalue weighted by atomic mass is 19.1. The number of ether oxygens (including phenoxy) is 1. The Hall–Kier alpha value is -1.09. The zero-order valence-electron chi connectivity index (χ0n) is 9.26. The molecule has 1 aromatic rings. The Labute approximate surface area is 94.8 Å². The van der Waals surface area contributed by atoms with E-state index in [4.69, 9.17) is 4.74 Å². The van der Waals surface area contributed by atoms with Gasteiger partial charge in [-0.1, -0.05) is 0 Å². The highest BCUT2D eigenvalue weighted by molar-refractivity contribution is 5.41. The second-order valence-electron chi connectivity index (χ2n) is 4.58. The molecule has 2 nitrogen and oxygen atoms in total. The monoisotopic (exact) mass is 221 g/mol. The van der Waals surface area contributed by atoms with Crippen LogP contribution in [0.1, 0.15) is 36.4 Å². The lowest BCUT2D eigenvalue weighted by molar-refractivity contribution is 0.283. The molecule has 0 unspecified atom stereocenters. The van der Waals surface area contributed by atoms with E-state index in [0.29, 0.717) is 12.6 Å². The zero-order chi connectivity index (χ0) is 11.0. The van der Waals surface area contributed by atoms with Crippen molar-refractivity contribution in [2.45, 2.75) is 31.7 Å². The number of nitrogens with one attached hydrogen (secondary N) is 1. The Kier molecular flexibility index (Phi) is 2.56. The summed E-state index contributed by atoms with van der Waals surface area (Å²) in [4.78, 5) is 0. The van der Waals surface area contributed by atoms with E-state index in [0.717, 1.165) is 42.7 Å². The summed E-state index contributed by atoms with van der Waals surface area (Å²) in [5, 5.41) is 3.38. The Morgan fingerprint density at radius 2 is 2.25 bits per heavy atom. The fraction of sp³-hybridized carbons (Fsp3) is 0.538. The van der Waals surface area contributed by atoms with Gasteiger partial charge in [0.2, 0.25) is 0 Å². The average molecular weight is 221 g/mol. The van der Waals surface area contributed by atoms with Gasteiger partial charge >= 0.3 is 0 Å². The van der Waals surface area contributed by atoms with Crippen LogP contribution in [0.25, 0.3) is 0 Å². The van der Waals surface area contributed by atoms with Gasteiger partial charge in [-0.3, -0.25) is 0 Å². The van der Waals surface area contributed by atoms with Gasteiger partial charge < -0.3 is 10.1 Å². The predicted molar refractivity (Wildman–Crippen MR) is 60.2 cm³/mol. The van der Waals surface area contributed by atoms with Crippen LogP contribution >= 0.6 is 0 Å². The number of hydrogen-bond acceptors (Lipinski definition) is 2. The number of halogens is 1. The van der Waals surface area contributed by atoms with Crippen LogP contribution in [0.4, 0.5) is 4.39 Å². The largest absolute Gasteiger partial charge is 0.493 e. The molecule has 2 aliphatic heterocycles. The molecular weight excluding hydrogens is 205 g/mol. The highest BCUT2D eigenvalue weighted by Gasteiger charge is 2.21. The minimum absolute atomic E-state index is 0.0964. The lowest BCUT2D eigenvalue weighted by Crippen LogP contribution is -2.15. The standard InChI is InChI=1S/C13H16FNO/c14-11-7-9(12-4-1-5-15-12)8-13-10(11)3-2-6-16-13/h7-8,12,15H,1-6H2/t12-/m1/s1. The first-order valence-electron chi connectivity index (χ1n) is 6.03. The number of fused-ring (bicyclic) bond motifs is 1. The Morgan fingerprint density at radius 1 is 1.31 bits per heavy atom. The van der Waals surface area contributed by atoms with E-state index in [2.05, 4.69) is 5.32 Å². The van der Waals surface area contributed by atoms with Gasteiger partial charge in [0.1, 0.15) is 11.6 Å². The Bertz CT molecular complexity index is 399. The maximum absolute atomic E-state index is 13.9. The van der Waals surface area contributed by atoms with Crippen LogP contribution in [-0.4, -0.2) is 13.2 Å². The fourth-order valence-corrected chi connectivity index (χ4v) is 2.60. The third-order valence-corrected chi connectivity index (χ3v) is 3.47. The molecule has 2 aliphatic rings. The minimum atomic E-state index is -0.0964. The normalized spacial score (nSPS) is 23.9. The van der Waals surface area contributed by atoms with E-state index < -0.39 is 0 Å². The minimum Gasteiger partial charge on any atom is -0.493 e. The van der Waals surface area contributed by atoms with Crippen molar-refractivity contribution in [2.24, 2.45) is 0 Å². The van der Waals surface area contributed by atoms with Crippen LogP contribution in [0.2, 0.25) is 0 Å². The maximum atomic E-state index is 13.9. The summed E-state index contributed by atoms with van der Waals surface area (Å²) in [7, 11) is 0. The SMILES string of the molecule is Fc1cc([C@H]2CCCN2)cc2c1CCCO2. The third-order valence-electron chi connectivity index (χ3n) is 3.47. The zero-order valence-corrected chi connectivity index (χ0v) is 9.26. The van der Waals surface area contributed by atoms with Gasteiger partial charge in [-0.15, -0.1) is 0 Å². The molecule has 0 spiro atoms. The molecule has 1 saturated heterocycles. The van der Waals surface area contributed by atoms with E-state index in [1.807, 2.05) is 6.07 Å². The van der Waals surface area contributed by atoms with Gasteiger partial charge in [-0.05, 0) is 49.9 Å². The summed E-state index contributed by atoms with van der Waals surface area (Å²) in [5.41, 5.74) is 1.80. The predicted octanol–water partition coefficient (Wildman–Crippen LogP) is 2.58. The summed E-state index contributed by atoms with van der Waals surface area (Å²) < 4.78 is 19.4. The van der Waals surface area contributed by atoms with Crippen molar-refractivity contribution in [2.75, 3.05) is 13.2 Å². The fourth-order valence-electron chi connectivity index (χ4n) is 2.60. The molecule has 1 atom stereocenters. The molecule has 1 aromatic carbocycles. The second-order valence-corrected chi connectivity index (χ2v) is 4.58. The first-order chi connectivity index (χ1) is 7.84. The molecule has 0 aromatic heterocycles. The van der Waals surface area contributed by atoms with Crippen molar-refractivity contribution in [3.8, 4) is 5.75 Å². The molecule has 3 rings (SSSR count). The first kappa shape index (κ1) is 10.1. The molecule has 16 heavy (non-hydrogen) atoms. The number of benzene rings is 1. The molecule has 0 saturated carbocycles. The summed E-state index contributed by atoms with van der Waals surface area (Å²) in [5.74, 6) is 0.663. The van der Waals surface area contributed by atoms with Crippen LogP contribution < -0.4 is 10.1 Å². The number of rotatable bonds is 1. The van der Waals surface area contributed by atoms with Crippen molar-refractivity contribution < 1.29 is 9.13 Å². The highest BCUT2D eigenvalue weighted by Crippen LogP contribution is 2.33. The quantitative estimate of drug-likeness (QED) is 0.787. The summed E-state index contributed by atoms with van der Waals surface area (Å²) in [6.45, 7) is 1.75. The van der Waals surface area contributed by atoms with Crippen molar-refractivity contribution in [1.29, 1.82) is 0 Å². The lowest BCUT2D eigenvalue weighted by Gasteiger charge is -2.20. The topological polar surface area (TPSA) is 21.3 Å². The van der Waals surface area contributed by atoms with Crippen molar-refractivity contribution in [3.63, 3.8) is 0 Å². The van der Waals surface area contributed by atoms with Gasteiger partial charge in [0.15, 0.2) is 0 Å². The van der Waals surface area contributed by atoms with E-state index in [1.165, 1.54) is 6.42 Å². The molecule has 86 valence electrons. The lowest BCUT2D eigenvalue weighted by atomic mass is 9.99. The van der Waals surface area contributed by atoms with Gasteiger partial charge in [-0.2, -0.15) is 0 Å². The summed E-state index contributed by atoms with van der Waals surface area (Å²) in [6.07, 6.45) is 3.99. The van der Waals surface area contributed by atoms with Gasteiger partial charge in [0.05, 0.1) is 6.61 Å². The van der Waals surface area contributed by atoms with Crippen molar-refractivity contribution in [3.05, 3.63) is 29.1 Å². The molecule has 0 aliphatic carbocycles. The first-order valence-corrected chi connectivity index (χ1v) is 6.03. The van der Waals surface area contributed by atoms with Gasteiger partial charge in [-0.25, -0.2) is 4.39 Å². The molecule has 0 radical (unpaired) electrons. The van der Waals surface area contributed by atoms with E-state index >= 15 is 0 Å². The molecular formula is C13H16FNO.